The van der Waals surface area contributed by atoms with Crippen LogP contribution in [0.1, 0.15) is 0 Å². The average Bonchev–Trinajstić information content (AvgIpc) is 1.84. The van der Waals surface area contributed by atoms with E-state index >= 15 is 0 Å². The first-order chi connectivity index (χ1) is 4.46. The molecule has 4 N–H and O–H groups in total. The monoisotopic (exact) mass is 295 g/mol. The van der Waals surface area contributed by atoms with E-state index in [1.54, 1.807) is 0 Å². The molecule has 0 fully saturated rings. The zero-order chi connectivity index (χ0) is 8.31. The van der Waals surface area contributed by atoms with Gasteiger partial charge in [-0.2, -0.15) is 0 Å². The van der Waals surface area contributed by atoms with E-state index in [0.29, 0.717) is 0 Å². The van der Waals surface area contributed by atoms with Gasteiger partial charge in [-0.3, -0.25) is 0 Å². The van der Waals surface area contributed by atoms with Crippen molar-refractivity contribution in [1.29, 1.82) is 0 Å². The third kappa shape index (κ3) is 6.22. The van der Waals surface area contributed by atoms with Gasteiger partial charge in [-0.15, -0.1) is 0 Å². The van der Waals surface area contributed by atoms with Crippen molar-refractivity contribution >= 4 is 65.9 Å². The maximum absolute atomic E-state index is 9.77. The predicted octanol–water partition coefficient (Wildman–Crippen LogP) is -3.15. The Morgan fingerprint density at radius 1 is 0.917 bits per heavy atom. The third-order valence-electron chi connectivity index (χ3n) is 0.805. The zero-order valence-electron chi connectivity index (χ0n) is 5.21. The molecule has 0 aromatic carbocycles. The van der Waals surface area contributed by atoms with Gasteiger partial charge in [0.2, 0.25) is 0 Å². The molecule has 2 atom stereocenters. The van der Waals surface area contributed by atoms with Gasteiger partial charge >= 0.3 is 41.5 Å². The molecule has 3 radical (unpaired) electrons. The van der Waals surface area contributed by atoms with Crippen molar-refractivity contribution in [3.05, 3.63) is 0 Å². The van der Waals surface area contributed by atoms with Crippen LogP contribution < -0.4 is 0 Å². The minimum absolute atomic E-state index is 0. The summed E-state index contributed by atoms with van der Waals surface area (Å²) in [5, 5.41) is 32.5. The van der Waals surface area contributed by atoms with Crippen LogP contribution in [0.5, 0.6) is 0 Å². The summed E-state index contributed by atoms with van der Waals surface area (Å²) in [5.41, 5.74) is 0. The van der Waals surface area contributed by atoms with E-state index < -0.39 is 24.1 Å². The second kappa shape index (κ2) is 8.28. The molecule has 0 aromatic heterocycles. The molecule has 0 amide bonds. The molecule has 0 saturated carbocycles. The van der Waals surface area contributed by atoms with Crippen LogP contribution in [-0.2, 0) is 9.59 Å². The summed E-state index contributed by atoms with van der Waals surface area (Å²) < 4.78 is 0. The van der Waals surface area contributed by atoms with Crippen molar-refractivity contribution in [2.45, 2.75) is 12.2 Å². The molecule has 0 aliphatic rings. The van der Waals surface area contributed by atoms with Gasteiger partial charge in [0.25, 0.3) is 0 Å². The Labute approximate surface area is 107 Å². The number of aliphatic hydroxyl groups excluding tert-OH is 2. The van der Waals surface area contributed by atoms with Gasteiger partial charge in [-0.05, 0) is 0 Å². The number of carbonyl (C=O) groups is 2. The summed E-state index contributed by atoms with van der Waals surface area (Å²) in [6.07, 6.45) is -4.53. The summed E-state index contributed by atoms with van der Waals surface area (Å²) in [6.45, 7) is 0. The number of carboxylic acid groups (broad SMARTS) is 2. The summed E-state index contributed by atoms with van der Waals surface area (Å²) in [4.78, 5) is 19.5. The molecule has 0 bridgehead atoms. The van der Waals surface area contributed by atoms with Crippen molar-refractivity contribution in [3.8, 4) is 0 Å². The van der Waals surface area contributed by atoms with Gasteiger partial charge in [0.1, 0.15) is 0 Å². The van der Waals surface area contributed by atoms with Gasteiger partial charge in [0, 0.05) is 24.4 Å². The smallest absolute Gasteiger partial charge is 0 e. The van der Waals surface area contributed by atoms with E-state index in [0.717, 1.165) is 0 Å². The van der Waals surface area contributed by atoms with Crippen LogP contribution in [0.2, 0.25) is 0 Å². The van der Waals surface area contributed by atoms with Crippen molar-refractivity contribution in [2.75, 3.05) is 0 Å². The maximum Gasteiger partial charge on any atom is 0 e. The largest absolute Gasteiger partial charge is 0 e. The molecule has 12 heavy (non-hydrogen) atoms. The molecule has 6 nitrogen and oxygen atoms in total. The quantitative estimate of drug-likeness (QED) is 0.409. The van der Waals surface area contributed by atoms with E-state index in [1.165, 1.54) is 0 Å². The Bertz CT molecular complexity index is 144. The number of rotatable bonds is 3. The van der Waals surface area contributed by atoms with E-state index in [1.807, 2.05) is 0 Å². The second-order valence-electron chi connectivity index (χ2n) is 1.57. The fourth-order valence-electron chi connectivity index (χ4n) is 0.270. The fraction of sp³-hybridized carbons (Fsp3) is 0.500. The van der Waals surface area contributed by atoms with Gasteiger partial charge in [0.15, 0.2) is 12.2 Å². The van der Waals surface area contributed by atoms with Crippen LogP contribution in [0.4, 0.5) is 0 Å². The Kier molecular flexibility index (Phi) is 12.7. The van der Waals surface area contributed by atoms with Crippen LogP contribution in [0.3, 0.4) is 0 Å². The normalized spacial score (nSPS) is 13.2. The molecule has 0 rings (SSSR count). The average molecular weight is 296 g/mol. The molecule has 2 unspecified atom stereocenters. The molecule has 8 heteroatoms. The van der Waals surface area contributed by atoms with Crippen LogP contribution in [0, 0.1) is 0 Å². The first-order valence-electron chi connectivity index (χ1n) is 2.28. The van der Waals surface area contributed by atoms with E-state index in [-0.39, 0.29) is 54.0 Å². The minimum atomic E-state index is -2.27. The molecule has 0 aromatic rings. The van der Waals surface area contributed by atoms with Crippen LogP contribution >= 0.6 is 0 Å². The van der Waals surface area contributed by atoms with Crippen molar-refractivity contribution < 1.29 is 30.0 Å². The number of hydrogen-bond acceptors (Lipinski definition) is 4. The number of carboxylic acids is 2. The van der Waals surface area contributed by atoms with Crippen molar-refractivity contribution in [3.63, 3.8) is 0 Å². The van der Waals surface area contributed by atoms with Gasteiger partial charge in [0.05, 0.1) is 0 Å². The standard InChI is InChI=1S/C4H6O6.Na.Sb.H/c5-1(3(7)8)2(6)4(9)10;;;/h1-2,5-6H,(H,7,8)(H,9,10);;;. The summed E-state index contributed by atoms with van der Waals surface area (Å²) >= 11 is 0. The fourth-order valence-corrected chi connectivity index (χ4v) is 0.270. The molecule has 65 valence electrons. The van der Waals surface area contributed by atoms with Crippen molar-refractivity contribution in [1.82, 2.24) is 0 Å². The zero-order valence-corrected chi connectivity index (χ0v) is 7.76. The van der Waals surface area contributed by atoms with Crippen LogP contribution in [0.25, 0.3) is 0 Å². The van der Waals surface area contributed by atoms with E-state index in [4.69, 9.17) is 20.4 Å². The SMILES string of the molecule is O=C(O)C(O)C(O)C(=O)O.[NaH].[Sb]. The molecular formula is C4H7NaO6Sb. The molecule has 0 aliphatic carbocycles. The number of hydrogen-bond donors (Lipinski definition) is 4. The molecule has 0 saturated heterocycles. The number of aliphatic carboxylic acids is 2. The molecule has 0 aliphatic heterocycles. The minimum Gasteiger partial charge on any atom is 0 e. The second-order valence-corrected chi connectivity index (χ2v) is 1.57. The summed E-state index contributed by atoms with van der Waals surface area (Å²) in [7, 11) is 0. The Morgan fingerprint density at radius 2 is 1.08 bits per heavy atom. The maximum atomic E-state index is 9.77. The van der Waals surface area contributed by atoms with E-state index in [2.05, 4.69) is 0 Å². The van der Waals surface area contributed by atoms with Crippen LogP contribution in [-0.4, -0.2) is 98.6 Å². The van der Waals surface area contributed by atoms with Gasteiger partial charge in [-0.25, -0.2) is 9.59 Å². The summed E-state index contributed by atoms with van der Waals surface area (Å²) in [5.74, 6) is -3.54. The molecular weight excluding hydrogens is 289 g/mol. The topological polar surface area (TPSA) is 115 Å². The first kappa shape index (κ1) is 18.5. The Morgan fingerprint density at radius 3 is 1.17 bits per heavy atom. The van der Waals surface area contributed by atoms with Crippen molar-refractivity contribution in [2.24, 2.45) is 0 Å². The van der Waals surface area contributed by atoms with Gasteiger partial charge in [-0.1, -0.05) is 0 Å². The number of aliphatic hydroxyl groups is 2. The molecule has 0 spiro atoms. The first-order valence-corrected chi connectivity index (χ1v) is 2.28. The predicted molar refractivity (Wildman–Crippen MR) is 40.2 cm³/mol. The van der Waals surface area contributed by atoms with E-state index in [9.17, 15) is 9.59 Å². The van der Waals surface area contributed by atoms with Crippen LogP contribution in [0.15, 0.2) is 0 Å². The molecule has 0 heterocycles. The summed E-state index contributed by atoms with van der Waals surface area (Å²) in [6, 6.07) is 0. The Balaban J connectivity index is -0.000000405. The third-order valence-corrected chi connectivity index (χ3v) is 0.805. The van der Waals surface area contributed by atoms with Gasteiger partial charge < -0.3 is 20.4 Å². The Hall–Kier alpha value is 0.678.